The summed E-state index contributed by atoms with van der Waals surface area (Å²) in [6, 6.07) is 16.7. The van der Waals surface area contributed by atoms with Gasteiger partial charge in [0.25, 0.3) is 0 Å². The molecule has 0 aromatic heterocycles. The summed E-state index contributed by atoms with van der Waals surface area (Å²) < 4.78 is 5.60. The molecule has 2 nitrogen and oxygen atoms in total. The first kappa shape index (κ1) is 12.9. The average Bonchev–Trinajstić information content (AvgIpc) is 2.72. The zero-order chi connectivity index (χ0) is 14.3. The maximum absolute atomic E-state index is 11.4. The summed E-state index contributed by atoms with van der Waals surface area (Å²) in [5.41, 5.74) is 4.40. The summed E-state index contributed by atoms with van der Waals surface area (Å²) in [6.07, 6.45) is 0. The minimum absolute atomic E-state index is 0.0822. The van der Waals surface area contributed by atoms with Gasteiger partial charge in [0.15, 0.2) is 0 Å². The van der Waals surface area contributed by atoms with Crippen LogP contribution in [0, 0.1) is 0 Å². The number of ether oxygens (including phenoxy) is 1. The van der Waals surface area contributed by atoms with Gasteiger partial charge in [-0.2, -0.15) is 0 Å². The molecule has 0 spiro atoms. The number of hydrogen-bond acceptors (Lipinski definition) is 2. The SMILES string of the molecule is CC(=O)OC(C)(C)C1c2ccccc2-c2ccccc21. The van der Waals surface area contributed by atoms with Crippen LogP contribution in [0.3, 0.4) is 0 Å². The molecular weight excluding hydrogens is 248 g/mol. The molecule has 0 heterocycles. The first-order chi connectivity index (χ1) is 9.50. The third-order valence-electron chi connectivity index (χ3n) is 3.94. The van der Waals surface area contributed by atoms with Crippen molar-refractivity contribution < 1.29 is 9.53 Å². The Labute approximate surface area is 119 Å². The summed E-state index contributed by atoms with van der Waals surface area (Å²) >= 11 is 0. The molecule has 1 aliphatic carbocycles. The van der Waals surface area contributed by atoms with Gasteiger partial charge in [-0.25, -0.2) is 0 Å². The molecule has 0 bridgehead atoms. The summed E-state index contributed by atoms with van der Waals surface area (Å²) in [7, 11) is 0. The molecule has 0 radical (unpaired) electrons. The van der Waals surface area contributed by atoms with E-state index in [9.17, 15) is 4.79 Å². The Bertz CT molecular complexity index is 625. The highest BCUT2D eigenvalue weighted by molar-refractivity contribution is 5.79. The highest BCUT2D eigenvalue weighted by Gasteiger charge is 2.41. The molecule has 0 atom stereocenters. The lowest BCUT2D eigenvalue weighted by molar-refractivity contribution is -0.154. The molecule has 20 heavy (non-hydrogen) atoms. The Morgan fingerprint density at radius 3 is 1.85 bits per heavy atom. The molecular formula is C18H18O2. The quantitative estimate of drug-likeness (QED) is 0.764. The normalized spacial score (nSPS) is 13.8. The predicted molar refractivity (Wildman–Crippen MR) is 79.6 cm³/mol. The molecule has 102 valence electrons. The van der Waals surface area contributed by atoms with E-state index in [1.54, 1.807) is 0 Å². The van der Waals surface area contributed by atoms with Crippen molar-refractivity contribution in [2.45, 2.75) is 32.3 Å². The smallest absolute Gasteiger partial charge is 0.303 e. The molecule has 0 N–H and O–H groups in total. The minimum atomic E-state index is -0.561. The third-order valence-corrected chi connectivity index (χ3v) is 3.94. The van der Waals surface area contributed by atoms with Crippen LogP contribution in [-0.4, -0.2) is 11.6 Å². The molecule has 2 aromatic carbocycles. The molecule has 0 saturated heterocycles. The predicted octanol–water partition coefficient (Wildman–Crippen LogP) is 4.14. The molecule has 0 unspecified atom stereocenters. The summed E-state index contributed by atoms with van der Waals surface area (Å²) in [5, 5.41) is 0. The van der Waals surface area contributed by atoms with E-state index in [1.807, 2.05) is 26.0 Å². The van der Waals surface area contributed by atoms with E-state index >= 15 is 0 Å². The van der Waals surface area contributed by atoms with Crippen molar-refractivity contribution in [2.75, 3.05) is 0 Å². The first-order valence-electron chi connectivity index (χ1n) is 6.88. The van der Waals surface area contributed by atoms with Crippen molar-refractivity contribution in [3.63, 3.8) is 0 Å². The van der Waals surface area contributed by atoms with Crippen LogP contribution in [0.15, 0.2) is 48.5 Å². The van der Waals surface area contributed by atoms with E-state index in [0.717, 1.165) is 0 Å². The Kier molecular flexibility index (Phi) is 2.89. The van der Waals surface area contributed by atoms with Crippen molar-refractivity contribution in [1.29, 1.82) is 0 Å². The zero-order valence-corrected chi connectivity index (χ0v) is 12.0. The maximum Gasteiger partial charge on any atom is 0.303 e. The second kappa shape index (κ2) is 4.48. The van der Waals surface area contributed by atoms with Gasteiger partial charge in [0.2, 0.25) is 0 Å². The topological polar surface area (TPSA) is 26.3 Å². The van der Waals surface area contributed by atoms with Crippen LogP contribution < -0.4 is 0 Å². The fourth-order valence-corrected chi connectivity index (χ4v) is 3.33. The van der Waals surface area contributed by atoms with E-state index in [4.69, 9.17) is 4.74 Å². The van der Waals surface area contributed by atoms with Crippen molar-refractivity contribution in [3.05, 3.63) is 59.7 Å². The van der Waals surface area contributed by atoms with Crippen LogP contribution in [0.2, 0.25) is 0 Å². The Morgan fingerprint density at radius 2 is 1.40 bits per heavy atom. The number of esters is 1. The van der Waals surface area contributed by atoms with Crippen LogP contribution in [0.5, 0.6) is 0 Å². The van der Waals surface area contributed by atoms with Crippen molar-refractivity contribution in [3.8, 4) is 11.1 Å². The second-order valence-corrected chi connectivity index (χ2v) is 5.80. The van der Waals surface area contributed by atoms with Gasteiger partial charge < -0.3 is 4.74 Å². The number of carbonyl (C=O) groups is 1. The van der Waals surface area contributed by atoms with Gasteiger partial charge in [0.1, 0.15) is 5.60 Å². The molecule has 0 aliphatic heterocycles. The molecule has 2 heteroatoms. The van der Waals surface area contributed by atoms with Crippen molar-refractivity contribution in [1.82, 2.24) is 0 Å². The fourth-order valence-electron chi connectivity index (χ4n) is 3.33. The molecule has 2 aromatic rings. The third kappa shape index (κ3) is 1.92. The number of fused-ring (bicyclic) bond motifs is 3. The fraction of sp³-hybridized carbons (Fsp3) is 0.278. The van der Waals surface area contributed by atoms with E-state index in [0.29, 0.717) is 0 Å². The number of rotatable bonds is 2. The lowest BCUT2D eigenvalue weighted by Crippen LogP contribution is -2.34. The van der Waals surface area contributed by atoms with Crippen molar-refractivity contribution >= 4 is 5.97 Å². The zero-order valence-electron chi connectivity index (χ0n) is 12.0. The summed E-state index contributed by atoms with van der Waals surface area (Å²) in [4.78, 5) is 11.4. The standard InChI is InChI=1S/C18H18O2/c1-12(19)20-18(2,3)17-15-10-6-4-8-13(15)14-9-5-7-11-16(14)17/h4-11,17H,1-3H3. The van der Waals surface area contributed by atoms with Crippen LogP contribution >= 0.6 is 0 Å². The Balaban J connectivity index is 2.19. The van der Waals surface area contributed by atoms with Gasteiger partial charge in [-0.05, 0) is 36.1 Å². The molecule has 0 amide bonds. The van der Waals surface area contributed by atoms with Crippen LogP contribution in [0.25, 0.3) is 11.1 Å². The lowest BCUT2D eigenvalue weighted by atomic mass is 9.82. The van der Waals surface area contributed by atoms with Gasteiger partial charge >= 0.3 is 5.97 Å². The summed E-state index contributed by atoms with van der Waals surface area (Å²) in [6.45, 7) is 5.43. The highest BCUT2D eigenvalue weighted by Crippen LogP contribution is 2.50. The minimum Gasteiger partial charge on any atom is -0.459 e. The first-order valence-corrected chi connectivity index (χ1v) is 6.88. The molecule has 0 fully saturated rings. The van der Waals surface area contributed by atoms with E-state index < -0.39 is 5.60 Å². The molecule has 3 rings (SSSR count). The maximum atomic E-state index is 11.4. The molecule has 1 aliphatic rings. The average molecular weight is 266 g/mol. The largest absolute Gasteiger partial charge is 0.459 e. The van der Waals surface area contributed by atoms with E-state index in [1.165, 1.54) is 29.2 Å². The number of benzene rings is 2. The Hall–Kier alpha value is -2.09. The van der Waals surface area contributed by atoms with Gasteiger partial charge in [-0.3, -0.25) is 4.79 Å². The van der Waals surface area contributed by atoms with Gasteiger partial charge in [-0.15, -0.1) is 0 Å². The van der Waals surface area contributed by atoms with Gasteiger partial charge in [-0.1, -0.05) is 48.5 Å². The Morgan fingerprint density at radius 1 is 0.950 bits per heavy atom. The van der Waals surface area contributed by atoms with Gasteiger partial charge in [0.05, 0.1) is 0 Å². The van der Waals surface area contributed by atoms with E-state index in [2.05, 4.69) is 36.4 Å². The number of hydrogen-bond donors (Lipinski definition) is 0. The van der Waals surface area contributed by atoms with Crippen molar-refractivity contribution in [2.24, 2.45) is 0 Å². The van der Waals surface area contributed by atoms with Crippen LogP contribution in [0.1, 0.15) is 37.8 Å². The monoisotopic (exact) mass is 266 g/mol. The summed E-state index contributed by atoms with van der Waals surface area (Å²) in [5.74, 6) is -0.157. The second-order valence-electron chi connectivity index (χ2n) is 5.80. The lowest BCUT2D eigenvalue weighted by Gasteiger charge is -2.32. The highest BCUT2D eigenvalue weighted by atomic mass is 16.6. The van der Waals surface area contributed by atoms with E-state index in [-0.39, 0.29) is 11.9 Å². The molecule has 0 saturated carbocycles. The van der Waals surface area contributed by atoms with Gasteiger partial charge in [0, 0.05) is 12.8 Å². The van der Waals surface area contributed by atoms with Crippen LogP contribution in [0.4, 0.5) is 0 Å². The number of carbonyl (C=O) groups excluding carboxylic acids is 1. The van der Waals surface area contributed by atoms with Crippen LogP contribution in [-0.2, 0) is 9.53 Å².